The quantitative estimate of drug-likeness (QED) is 0.824. The molecule has 2 rings (SSSR count). The zero-order valence-electron chi connectivity index (χ0n) is 11.8. The van der Waals surface area contributed by atoms with Crippen LogP contribution in [0.2, 0.25) is 5.02 Å². The molecule has 21 heavy (non-hydrogen) atoms. The molecule has 0 aliphatic heterocycles. The summed E-state index contributed by atoms with van der Waals surface area (Å²) in [6.07, 6.45) is 0.900. The molecule has 1 aromatic carbocycles. The predicted molar refractivity (Wildman–Crippen MR) is 83.4 cm³/mol. The first kappa shape index (κ1) is 15.9. The van der Waals surface area contributed by atoms with Gasteiger partial charge in [-0.2, -0.15) is 0 Å². The third kappa shape index (κ3) is 4.75. The highest BCUT2D eigenvalue weighted by molar-refractivity contribution is 7.99. The van der Waals surface area contributed by atoms with Crippen LogP contribution in [-0.4, -0.2) is 27.9 Å². The fraction of sp³-hybridized carbons (Fsp3) is 0.357. The second kappa shape index (κ2) is 7.47. The third-order valence-corrected chi connectivity index (χ3v) is 3.91. The molecule has 0 unspecified atom stereocenters. The molecule has 0 saturated carbocycles. The molecule has 0 spiro atoms. The Bertz CT molecular complexity index is 601. The van der Waals surface area contributed by atoms with Crippen molar-refractivity contribution in [3.8, 4) is 11.5 Å². The maximum atomic E-state index is 11.7. The number of aromatic nitrogens is 2. The molecule has 0 bridgehead atoms. The van der Waals surface area contributed by atoms with Gasteiger partial charge in [0.1, 0.15) is 0 Å². The minimum Gasteiger partial charge on any atom is -0.411 e. The van der Waals surface area contributed by atoms with Gasteiger partial charge < -0.3 is 9.73 Å². The van der Waals surface area contributed by atoms with Crippen LogP contribution in [0.4, 0.5) is 0 Å². The molecule has 0 aliphatic rings. The number of hydrogen-bond donors (Lipinski definition) is 1. The molecule has 0 saturated heterocycles. The van der Waals surface area contributed by atoms with Crippen molar-refractivity contribution in [2.75, 3.05) is 5.75 Å². The van der Waals surface area contributed by atoms with E-state index in [1.54, 1.807) is 24.3 Å². The summed E-state index contributed by atoms with van der Waals surface area (Å²) in [4.78, 5) is 11.7. The van der Waals surface area contributed by atoms with Gasteiger partial charge in [-0.15, -0.1) is 10.2 Å². The van der Waals surface area contributed by atoms with Crippen molar-refractivity contribution >= 4 is 29.3 Å². The molecule has 2 aromatic rings. The molecule has 0 aliphatic carbocycles. The number of nitrogens with zero attached hydrogens (tertiary/aromatic N) is 2. The lowest BCUT2D eigenvalue weighted by Gasteiger charge is -2.09. The second-order valence-electron chi connectivity index (χ2n) is 4.55. The lowest BCUT2D eigenvalue weighted by Crippen LogP contribution is -2.33. The Kier molecular flexibility index (Phi) is 5.64. The van der Waals surface area contributed by atoms with Crippen LogP contribution in [0.5, 0.6) is 0 Å². The maximum absolute atomic E-state index is 11.7. The summed E-state index contributed by atoms with van der Waals surface area (Å²) < 4.78 is 5.51. The Labute approximate surface area is 132 Å². The first-order valence-electron chi connectivity index (χ1n) is 6.60. The van der Waals surface area contributed by atoms with Crippen LogP contribution in [0, 0.1) is 0 Å². The van der Waals surface area contributed by atoms with Crippen LogP contribution in [-0.2, 0) is 4.79 Å². The minimum atomic E-state index is -0.0411. The average molecular weight is 326 g/mol. The summed E-state index contributed by atoms with van der Waals surface area (Å²) >= 11 is 7.05. The third-order valence-electron chi connectivity index (χ3n) is 2.84. The molecular weight excluding hydrogens is 310 g/mol. The number of rotatable bonds is 6. The topological polar surface area (TPSA) is 68.0 Å². The van der Waals surface area contributed by atoms with E-state index < -0.39 is 0 Å². The first-order valence-corrected chi connectivity index (χ1v) is 7.96. The lowest BCUT2D eigenvalue weighted by atomic mass is 10.2. The molecule has 0 fully saturated rings. The van der Waals surface area contributed by atoms with Crippen LogP contribution in [0.1, 0.15) is 20.3 Å². The van der Waals surface area contributed by atoms with Crippen molar-refractivity contribution in [2.24, 2.45) is 0 Å². The standard InChI is InChI=1S/C14H16ClN3O2S/c1-3-9(2)16-12(19)8-21-14-18-17-13(20-14)10-4-6-11(15)7-5-10/h4-7,9H,3,8H2,1-2H3,(H,16,19)/t9-/m0/s1. The van der Waals surface area contributed by atoms with Crippen LogP contribution < -0.4 is 5.32 Å². The van der Waals surface area contributed by atoms with Crippen molar-refractivity contribution in [1.82, 2.24) is 15.5 Å². The maximum Gasteiger partial charge on any atom is 0.277 e. The highest BCUT2D eigenvalue weighted by Crippen LogP contribution is 2.24. The van der Waals surface area contributed by atoms with E-state index in [1.165, 1.54) is 11.8 Å². The lowest BCUT2D eigenvalue weighted by molar-refractivity contribution is -0.119. The highest BCUT2D eigenvalue weighted by Gasteiger charge is 2.12. The number of carbonyl (C=O) groups excluding carboxylic acids is 1. The van der Waals surface area contributed by atoms with Gasteiger partial charge in [0.2, 0.25) is 11.8 Å². The van der Waals surface area contributed by atoms with Gasteiger partial charge in [-0.1, -0.05) is 30.3 Å². The predicted octanol–water partition coefficient (Wildman–Crippen LogP) is 3.40. The number of thioether (sulfide) groups is 1. The largest absolute Gasteiger partial charge is 0.411 e. The molecule has 1 aromatic heterocycles. The Morgan fingerprint density at radius 3 is 2.76 bits per heavy atom. The fourth-order valence-electron chi connectivity index (χ4n) is 1.52. The number of nitrogens with one attached hydrogen (secondary N) is 1. The summed E-state index contributed by atoms with van der Waals surface area (Å²) in [5.74, 6) is 0.629. The van der Waals surface area contributed by atoms with Gasteiger partial charge in [-0.05, 0) is 37.6 Å². The Morgan fingerprint density at radius 2 is 2.10 bits per heavy atom. The van der Waals surface area contributed by atoms with E-state index >= 15 is 0 Å². The van der Waals surface area contributed by atoms with E-state index in [2.05, 4.69) is 15.5 Å². The zero-order valence-corrected chi connectivity index (χ0v) is 13.4. The van der Waals surface area contributed by atoms with Gasteiger partial charge in [0.15, 0.2) is 0 Å². The van der Waals surface area contributed by atoms with Gasteiger partial charge in [0, 0.05) is 16.6 Å². The Balaban J connectivity index is 1.91. The molecule has 7 heteroatoms. The van der Waals surface area contributed by atoms with Crippen LogP contribution in [0.25, 0.3) is 11.5 Å². The van der Waals surface area contributed by atoms with Crippen molar-refractivity contribution in [3.63, 3.8) is 0 Å². The number of carbonyl (C=O) groups is 1. The molecule has 112 valence electrons. The molecule has 1 atom stereocenters. The average Bonchev–Trinajstić information content (AvgIpc) is 2.94. The molecule has 0 radical (unpaired) electrons. The van der Waals surface area contributed by atoms with Crippen LogP contribution in [0.3, 0.4) is 0 Å². The molecule has 1 N–H and O–H groups in total. The number of amides is 1. The molecule has 1 amide bonds. The summed E-state index contributed by atoms with van der Waals surface area (Å²) in [6.45, 7) is 3.99. The molecule has 1 heterocycles. The second-order valence-corrected chi connectivity index (χ2v) is 5.91. The van der Waals surface area contributed by atoms with Gasteiger partial charge in [0.25, 0.3) is 5.22 Å². The fourth-order valence-corrected chi connectivity index (χ4v) is 2.22. The van der Waals surface area contributed by atoms with Gasteiger partial charge in [-0.25, -0.2) is 0 Å². The van der Waals surface area contributed by atoms with E-state index in [0.717, 1.165) is 12.0 Å². The van der Waals surface area contributed by atoms with Crippen molar-refractivity contribution in [1.29, 1.82) is 0 Å². The van der Waals surface area contributed by atoms with E-state index in [9.17, 15) is 4.79 Å². The van der Waals surface area contributed by atoms with Gasteiger partial charge in [-0.3, -0.25) is 4.79 Å². The number of benzene rings is 1. The SMILES string of the molecule is CC[C@H](C)NC(=O)CSc1nnc(-c2ccc(Cl)cc2)o1. The Hall–Kier alpha value is -1.53. The van der Waals surface area contributed by atoms with Gasteiger partial charge in [0.05, 0.1) is 5.75 Å². The van der Waals surface area contributed by atoms with E-state index in [-0.39, 0.29) is 17.7 Å². The van der Waals surface area contributed by atoms with Crippen LogP contribution >= 0.6 is 23.4 Å². The number of halogens is 1. The van der Waals surface area contributed by atoms with E-state index in [1.807, 2.05) is 13.8 Å². The molecule has 5 nitrogen and oxygen atoms in total. The van der Waals surface area contributed by atoms with E-state index in [0.29, 0.717) is 16.1 Å². The Morgan fingerprint density at radius 1 is 1.38 bits per heavy atom. The van der Waals surface area contributed by atoms with Crippen molar-refractivity contribution in [3.05, 3.63) is 29.3 Å². The monoisotopic (exact) mass is 325 g/mol. The summed E-state index contributed by atoms with van der Waals surface area (Å²) in [5.41, 5.74) is 0.794. The minimum absolute atomic E-state index is 0.0411. The smallest absolute Gasteiger partial charge is 0.277 e. The van der Waals surface area contributed by atoms with Crippen molar-refractivity contribution in [2.45, 2.75) is 31.5 Å². The van der Waals surface area contributed by atoms with Gasteiger partial charge >= 0.3 is 0 Å². The molecular formula is C14H16ClN3O2S. The first-order chi connectivity index (χ1) is 10.1. The van der Waals surface area contributed by atoms with Crippen molar-refractivity contribution < 1.29 is 9.21 Å². The van der Waals surface area contributed by atoms with E-state index in [4.69, 9.17) is 16.0 Å². The highest BCUT2D eigenvalue weighted by atomic mass is 35.5. The summed E-state index contributed by atoms with van der Waals surface area (Å²) in [7, 11) is 0. The normalized spacial score (nSPS) is 12.1. The van der Waals surface area contributed by atoms with Crippen LogP contribution in [0.15, 0.2) is 33.9 Å². The zero-order chi connectivity index (χ0) is 15.2. The summed E-state index contributed by atoms with van der Waals surface area (Å²) in [6, 6.07) is 7.30. The number of hydrogen-bond acceptors (Lipinski definition) is 5. The summed E-state index contributed by atoms with van der Waals surface area (Å²) in [5, 5.41) is 11.8.